The Morgan fingerprint density at radius 2 is 1.90 bits per heavy atom. The van der Waals surface area contributed by atoms with E-state index in [0.29, 0.717) is 23.8 Å². The molecule has 1 amide bonds. The van der Waals surface area contributed by atoms with E-state index in [1.807, 2.05) is 0 Å². The molecule has 1 fully saturated rings. The fourth-order valence-corrected chi connectivity index (χ4v) is 2.00. The van der Waals surface area contributed by atoms with E-state index >= 15 is 0 Å². The van der Waals surface area contributed by atoms with Crippen molar-refractivity contribution in [3.8, 4) is 5.75 Å². The van der Waals surface area contributed by atoms with E-state index in [0.717, 1.165) is 12.8 Å². The van der Waals surface area contributed by atoms with Crippen LogP contribution in [-0.4, -0.2) is 29.6 Å². The van der Waals surface area contributed by atoms with Gasteiger partial charge in [0.2, 0.25) is 0 Å². The van der Waals surface area contributed by atoms with E-state index in [-0.39, 0.29) is 11.8 Å². The lowest BCUT2D eigenvalue weighted by molar-refractivity contribution is -0.139. The lowest BCUT2D eigenvalue weighted by Crippen LogP contribution is -2.42. The number of rotatable bonds is 7. The van der Waals surface area contributed by atoms with Crippen LogP contribution in [0, 0.1) is 11.8 Å². The van der Waals surface area contributed by atoms with Gasteiger partial charge < -0.3 is 15.2 Å². The predicted molar refractivity (Wildman–Crippen MR) is 78.4 cm³/mol. The summed E-state index contributed by atoms with van der Waals surface area (Å²) in [4.78, 5) is 23.2. The molecule has 0 heterocycles. The highest BCUT2D eigenvalue weighted by atomic mass is 16.5. The van der Waals surface area contributed by atoms with Gasteiger partial charge in [0.15, 0.2) is 0 Å². The molecule has 0 bridgehead atoms. The van der Waals surface area contributed by atoms with Crippen molar-refractivity contribution < 1.29 is 19.4 Å². The molecule has 0 spiro atoms. The Balaban J connectivity index is 1.94. The van der Waals surface area contributed by atoms with Crippen molar-refractivity contribution in [1.82, 2.24) is 5.32 Å². The highest BCUT2D eigenvalue weighted by Crippen LogP contribution is 2.32. The average Bonchev–Trinajstić information content (AvgIpc) is 3.27. The number of carbonyl (C=O) groups is 2. The van der Waals surface area contributed by atoms with Crippen LogP contribution in [0.4, 0.5) is 0 Å². The number of amides is 1. The van der Waals surface area contributed by atoms with Gasteiger partial charge in [0, 0.05) is 5.56 Å². The van der Waals surface area contributed by atoms with Crippen molar-refractivity contribution in [3.63, 3.8) is 0 Å². The third-order valence-corrected chi connectivity index (χ3v) is 3.35. The molecule has 1 aromatic carbocycles. The zero-order chi connectivity index (χ0) is 15.4. The molecule has 1 aliphatic carbocycles. The first-order valence-electron chi connectivity index (χ1n) is 7.24. The highest BCUT2D eigenvalue weighted by Gasteiger charge is 2.37. The molecule has 21 heavy (non-hydrogen) atoms. The first kappa shape index (κ1) is 15.4. The van der Waals surface area contributed by atoms with Crippen LogP contribution < -0.4 is 10.1 Å². The molecule has 114 valence electrons. The van der Waals surface area contributed by atoms with E-state index < -0.39 is 12.0 Å². The van der Waals surface area contributed by atoms with Gasteiger partial charge in [-0.25, -0.2) is 4.79 Å². The molecule has 2 rings (SSSR count). The molecule has 0 radical (unpaired) electrons. The van der Waals surface area contributed by atoms with Crippen LogP contribution in [0.5, 0.6) is 5.75 Å². The van der Waals surface area contributed by atoms with Gasteiger partial charge in [-0.05, 0) is 48.9 Å². The van der Waals surface area contributed by atoms with E-state index in [2.05, 4.69) is 19.2 Å². The molecule has 0 saturated heterocycles. The Morgan fingerprint density at radius 3 is 2.38 bits per heavy atom. The van der Waals surface area contributed by atoms with Crippen LogP contribution in [0.15, 0.2) is 24.3 Å². The molecule has 1 unspecified atom stereocenters. The average molecular weight is 291 g/mol. The van der Waals surface area contributed by atoms with Crippen LogP contribution in [0.3, 0.4) is 0 Å². The van der Waals surface area contributed by atoms with Crippen LogP contribution >= 0.6 is 0 Å². The van der Waals surface area contributed by atoms with Gasteiger partial charge in [-0.1, -0.05) is 13.8 Å². The fourth-order valence-electron chi connectivity index (χ4n) is 2.00. The summed E-state index contributed by atoms with van der Waals surface area (Å²) in [6.45, 7) is 4.74. The summed E-state index contributed by atoms with van der Waals surface area (Å²) in [5, 5.41) is 11.7. The number of ether oxygens (including phenoxy) is 1. The maximum Gasteiger partial charge on any atom is 0.326 e. The van der Waals surface area contributed by atoms with Crippen LogP contribution in [0.2, 0.25) is 0 Å². The lowest BCUT2D eigenvalue weighted by atomic mass is 10.1. The Kier molecular flexibility index (Phi) is 4.83. The predicted octanol–water partition coefficient (Wildman–Crippen LogP) is 2.31. The summed E-state index contributed by atoms with van der Waals surface area (Å²) >= 11 is 0. The smallest absolute Gasteiger partial charge is 0.326 e. The molecule has 1 atom stereocenters. The maximum absolute atomic E-state index is 12.1. The van der Waals surface area contributed by atoms with Crippen LogP contribution in [0.25, 0.3) is 0 Å². The third-order valence-electron chi connectivity index (χ3n) is 3.35. The van der Waals surface area contributed by atoms with E-state index in [1.54, 1.807) is 24.3 Å². The van der Waals surface area contributed by atoms with Gasteiger partial charge in [-0.3, -0.25) is 4.79 Å². The number of benzene rings is 1. The van der Waals surface area contributed by atoms with Crippen molar-refractivity contribution in [3.05, 3.63) is 29.8 Å². The van der Waals surface area contributed by atoms with E-state index in [9.17, 15) is 9.59 Å². The highest BCUT2D eigenvalue weighted by molar-refractivity contribution is 5.96. The number of hydrogen-bond donors (Lipinski definition) is 2. The maximum atomic E-state index is 12.1. The Hall–Kier alpha value is -2.04. The number of carboxylic acid groups (broad SMARTS) is 1. The normalized spacial score (nSPS) is 15.6. The molecule has 1 saturated carbocycles. The van der Waals surface area contributed by atoms with Gasteiger partial charge in [-0.2, -0.15) is 0 Å². The van der Waals surface area contributed by atoms with Crippen molar-refractivity contribution in [2.45, 2.75) is 32.7 Å². The minimum atomic E-state index is -0.970. The largest absolute Gasteiger partial charge is 0.493 e. The molecule has 5 heteroatoms. The van der Waals surface area contributed by atoms with Gasteiger partial charge in [0.1, 0.15) is 11.8 Å². The monoisotopic (exact) mass is 291 g/mol. The summed E-state index contributed by atoms with van der Waals surface area (Å²) in [5.74, 6) is -0.118. The number of aliphatic carboxylic acids is 1. The first-order chi connectivity index (χ1) is 9.97. The fraction of sp³-hybridized carbons (Fsp3) is 0.500. The molecule has 5 nitrogen and oxygen atoms in total. The quantitative estimate of drug-likeness (QED) is 0.808. The molecule has 1 aromatic rings. The minimum Gasteiger partial charge on any atom is -0.493 e. The Labute approximate surface area is 124 Å². The van der Waals surface area contributed by atoms with Gasteiger partial charge in [-0.15, -0.1) is 0 Å². The van der Waals surface area contributed by atoms with Crippen LogP contribution in [-0.2, 0) is 4.79 Å². The number of carboxylic acids is 1. The zero-order valence-corrected chi connectivity index (χ0v) is 12.3. The third kappa shape index (κ3) is 4.48. The summed E-state index contributed by atoms with van der Waals surface area (Å²) < 4.78 is 5.54. The number of hydrogen-bond acceptors (Lipinski definition) is 3. The second-order valence-electron chi connectivity index (χ2n) is 5.86. The Bertz CT molecular complexity index is 506. The van der Waals surface area contributed by atoms with Crippen molar-refractivity contribution in [2.24, 2.45) is 11.8 Å². The first-order valence-corrected chi connectivity index (χ1v) is 7.24. The zero-order valence-electron chi connectivity index (χ0n) is 12.3. The van der Waals surface area contributed by atoms with Crippen molar-refractivity contribution in [2.75, 3.05) is 6.61 Å². The van der Waals surface area contributed by atoms with E-state index in [4.69, 9.17) is 9.84 Å². The summed E-state index contributed by atoms with van der Waals surface area (Å²) in [5.41, 5.74) is 0.443. The van der Waals surface area contributed by atoms with Crippen molar-refractivity contribution in [1.29, 1.82) is 0 Å². The molecule has 0 aromatic heterocycles. The molecule has 0 aliphatic heterocycles. The van der Waals surface area contributed by atoms with Gasteiger partial charge in [0.05, 0.1) is 6.61 Å². The summed E-state index contributed by atoms with van der Waals surface area (Å²) in [7, 11) is 0. The lowest BCUT2D eigenvalue weighted by Gasteiger charge is -2.14. The SMILES string of the molecule is CC(C)COc1ccc(C(=O)NC(C(=O)O)C2CC2)cc1. The summed E-state index contributed by atoms with van der Waals surface area (Å²) in [6.07, 6.45) is 1.72. The number of carbonyl (C=O) groups excluding carboxylic acids is 1. The van der Waals surface area contributed by atoms with E-state index in [1.165, 1.54) is 0 Å². The topological polar surface area (TPSA) is 75.6 Å². The summed E-state index contributed by atoms with van der Waals surface area (Å²) in [6, 6.07) is 5.97. The molecular weight excluding hydrogens is 270 g/mol. The molecule has 1 aliphatic rings. The van der Waals surface area contributed by atoms with Gasteiger partial charge >= 0.3 is 5.97 Å². The minimum absolute atomic E-state index is 0.0695. The van der Waals surface area contributed by atoms with Gasteiger partial charge in [0.25, 0.3) is 5.91 Å². The Morgan fingerprint density at radius 1 is 1.29 bits per heavy atom. The molecular formula is C16H21NO4. The standard InChI is InChI=1S/C16H21NO4/c1-10(2)9-21-13-7-5-12(6-8-13)15(18)17-14(16(19)20)11-3-4-11/h5-8,10-11,14H,3-4,9H2,1-2H3,(H,17,18)(H,19,20). The second kappa shape index (κ2) is 6.61. The molecule has 2 N–H and O–H groups in total. The van der Waals surface area contributed by atoms with Crippen molar-refractivity contribution >= 4 is 11.9 Å². The number of nitrogens with one attached hydrogen (secondary N) is 1. The van der Waals surface area contributed by atoms with Crippen LogP contribution in [0.1, 0.15) is 37.0 Å². The second-order valence-corrected chi connectivity index (χ2v) is 5.86.